The van der Waals surface area contributed by atoms with Crippen molar-refractivity contribution in [2.75, 3.05) is 6.61 Å². The molecule has 4 rings (SSSR count). The van der Waals surface area contributed by atoms with E-state index in [-0.39, 0.29) is 18.1 Å². The first-order chi connectivity index (χ1) is 18.2. The Labute approximate surface area is 221 Å². The molecule has 0 aliphatic carbocycles. The number of esters is 3. The lowest BCUT2D eigenvalue weighted by Gasteiger charge is -2.18. The van der Waals surface area contributed by atoms with E-state index < -0.39 is 30.1 Å². The molecule has 1 heterocycles. The average Bonchev–Trinajstić information content (AvgIpc) is 3.23. The lowest BCUT2D eigenvalue weighted by Crippen LogP contribution is -2.25. The molecule has 7 heteroatoms. The van der Waals surface area contributed by atoms with Crippen LogP contribution in [-0.2, 0) is 18.9 Å². The van der Waals surface area contributed by atoms with Crippen molar-refractivity contribution in [1.29, 1.82) is 0 Å². The van der Waals surface area contributed by atoms with Crippen LogP contribution >= 0.6 is 0 Å². The zero-order valence-corrected chi connectivity index (χ0v) is 21.4. The van der Waals surface area contributed by atoms with Crippen molar-refractivity contribution in [3.8, 4) is 0 Å². The minimum atomic E-state index is -1.17. The van der Waals surface area contributed by atoms with Crippen LogP contribution in [0.5, 0.6) is 0 Å². The van der Waals surface area contributed by atoms with Crippen LogP contribution in [0.2, 0.25) is 0 Å². The second-order valence-corrected chi connectivity index (χ2v) is 9.00. The summed E-state index contributed by atoms with van der Waals surface area (Å²) in [5.74, 6) is -2.54. The SMILES string of the molecule is C=CC1C(OC(=O)c2ccc(C)cc2)=C(COC(=O)c2ccc(C)cc2)O[C@@H]1OC(=O)c1ccc(C)cc1. The number of aryl methyl sites for hydroxylation is 3. The summed E-state index contributed by atoms with van der Waals surface area (Å²) < 4.78 is 22.6. The van der Waals surface area contributed by atoms with Crippen molar-refractivity contribution in [2.24, 2.45) is 5.92 Å². The van der Waals surface area contributed by atoms with E-state index in [0.29, 0.717) is 16.7 Å². The second-order valence-electron chi connectivity index (χ2n) is 9.00. The van der Waals surface area contributed by atoms with Gasteiger partial charge in [0.05, 0.1) is 16.7 Å². The fraction of sp³-hybridized carbons (Fsp3) is 0.194. The largest absolute Gasteiger partial charge is 0.454 e. The van der Waals surface area contributed by atoms with Crippen LogP contribution < -0.4 is 0 Å². The van der Waals surface area contributed by atoms with Crippen molar-refractivity contribution in [3.63, 3.8) is 0 Å². The molecule has 194 valence electrons. The van der Waals surface area contributed by atoms with E-state index >= 15 is 0 Å². The van der Waals surface area contributed by atoms with E-state index in [0.717, 1.165) is 16.7 Å². The van der Waals surface area contributed by atoms with Crippen LogP contribution in [0.25, 0.3) is 0 Å². The summed E-state index contributed by atoms with van der Waals surface area (Å²) in [5, 5.41) is 0. The van der Waals surface area contributed by atoms with Crippen molar-refractivity contribution in [1.82, 2.24) is 0 Å². The maximum Gasteiger partial charge on any atom is 0.343 e. The molecule has 0 bridgehead atoms. The third-order valence-electron chi connectivity index (χ3n) is 6.01. The normalized spacial score (nSPS) is 16.4. The van der Waals surface area contributed by atoms with Gasteiger partial charge in [-0.25, -0.2) is 14.4 Å². The van der Waals surface area contributed by atoms with Crippen molar-refractivity contribution in [3.05, 3.63) is 130 Å². The Morgan fingerprint density at radius 2 is 1.18 bits per heavy atom. The van der Waals surface area contributed by atoms with Gasteiger partial charge in [-0.15, -0.1) is 6.58 Å². The number of ether oxygens (including phenoxy) is 4. The van der Waals surface area contributed by atoms with Crippen molar-refractivity contribution in [2.45, 2.75) is 27.1 Å². The standard InChI is InChI=1S/C31H28O7/c1-5-25-27(37-29(33)23-14-8-20(3)9-15-23)26(18-35-28(32)22-12-6-19(2)7-13-22)36-31(25)38-30(34)24-16-10-21(4)11-17-24/h5-17,25,31H,1,18H2,2-4H3/t25?,31-/m1/s1. The predicted octanol–water partition coefficient (Wildman–Crippen LogP) is 5.85. The maximum atomic E-state index is 12.9. The average molecular weight is 513 g/mol. The maximum absolute atomic E-state index is 12.9. The molecule has 0 spiro atoms. The van der Waals surface area contributed by atoms with Gasteiger partial charge in [-0.2, -0.15) is 0 Å². The summed E-state index contributed by atoms with van der Waals surface area (Å²) in [5.41, 5.74) is 3.99. The fourth-order valence-electron chi connectivity index (χ4n) is 3.74. The van der Waals surface area contributed by atoms with Gasteiger partial charge in [0.1, 0.15) is 5.92 Å². The van der Waals surface area contributed by atoms with E-state index in [9.17, 15) is 14.4 Å². The zero-order valence-electron chi connectivity index (χ0n) is 21.4. The quantitative estimate of drug-likeness (QED) is 0.212. The monoisotopic (exact) mass is 512 g/mol. The van der Waals surface area contributed by atoms with Crippen molar-refractivity contribution >= 4 is 17.9 Å². The molecular formula is C31H28O7. The fourth-order valence-corrected chi connectivity index (χ4v) is 3.74. The van der Waals surface area contributed by atoms with Gasteiger partial charge in [0.15, 0.2) is 18.1 Å². The van der Waals surface area contributed by atoms with Crippen LogP contribution in [0, 0.1) is 26.7 Å². The molecule has 0 amide bonds. The molecular weight excluding hydrogens is 484 g/mol. The number of benzene rings is 3. The first kappa shape index (κ1) is 26.4. The van der Waals surface area contributed by atoms with Gasteiger partial charge in [0.25, 0.3) is 6.29 Å². The molecule has 2 atom stereocenters. The molecule has 1 aliphatic heterocycles. The number of hydrogen-bond donors (Lipinski definition) is 0. The van der Waals surface area contributed by atoms with Crippen LogP contribution in [0.4, 0.5) is 0 Å². The Morgan fingerprint density at radius 3 is 1.66 bits per heavy atom. The summed E-state index contributed by atoms with van der Waals surface area (Å²) >= 11 is 0. The highest BCUT2D eigenvalue weighted by atomic mass is 16.7. The Hall–Kier alpha value is -4.65. The third kappa shape index (κ3) is 6.18. The summed E-state index contributed by atoms with van der Waals surface area (Å²) in [6.45, 7) is 9.19. The number of rotatable bonds is 8. The molecule has 0 aromatic heterocycles. The molecule has 1 aliphatic rings. The molecule has 3 aromatic rings. The third-order valence-corrected chi connectivity index (χ3v) is 6.01. The number of carbonyl (C=O) groups is 3. The van der Waals surface area contributed by atoms with Gasteiger partial charge in [-0.05, 0) is 57.2 Å². The van der Waals surface area contributed by atoms with E-state index in [4.69, 9.17) is 18.9 Å². The predicted molar refractivity (Wildman–Crippen MR) is 140 cm³/mol. The molecule has 38 heavy (non-hydrogen) atoms. The van der Waals surface area contributed by atoms with Gasteiger partial charge in [-0.3, -0.25) is 0 Å². The lowest BCUT2D eigenvalue weighted by molar-refractivity contribution is -0.0871. The van der Waals surface area contributed by atoms with Crippen LogP contribution in [-0.4, -0.2) is 30.8 Å². The first-order valence-electron chi connectivity index (χ1n) is 12.1. The second kappa shape index (κ2) is 11.6. The Morgan fingerprint density at radius 1 is 0.737 bits per heavy atom. The smallest absolute Gasteiger partial charge is 0.343 e. The van der Waals surface area contributed by atoms with Gasteiger partial charge in [0, 0.05) is 0 Å². The van der Waals surface area contributed by atoms with Crippen LogP contribution in [0.3, 0.4) is 0 Å². The van der Waals surface area contributed by atoms with Gasteiger partial charge in [0.2, 0.25) is 0 Å². The van der Waals surface area contributed by atoms with Gasteiger partial charge < -0.3 is 18.9 Å². The molecule has 0 N–H and O–H groups in total. The zero-order chi connectivity index (χ0) is 27.2. The summed E-state index contributed by atoms with van der Waals surface area (Å²) in [6.07, 6.45) is 0.287. The minimum absolute atomic E-state index is 0.0533. The van der Waals surface area contributed by atoms with E-state index in [1.165, 1.54) is 6.08 Å². The first-order valence-corrected chi connectivity index (χ1v) is 12.1. The van der Waals surface area contributed by atoms with E-state index in [1.54, 1.807) is 72.8 Å². The highest BCUT2D eigenvalue weighted by Gasteiger charge is 2.41. The summed E-state index contributed by atoms with van der Waals surface area (Å²) in [4.78, 5) is 38.3. The van der Waals surface area contributed by atoms with Gasteiger partial charge >= 0.3 is 17.9 Å². The lowest BCUT2D eigenvalue weighted by atomic mass is 10.1. The minimum Gasteiger partial charge on any atom is -0.454 e. The van der Waals surface area contributed by atoms with Gasteiger partial charge in [-0.1, -0.05) is 59.2 Å². The molecule has 0 saturated heterocycles. The van der Waals surface area contributed by atoms with E-state index in [2.05, 4.69) is 6.58 Å². The Kier molecular flexibility index (Phi) is 8.06. The van der Waals surface area contributed by atoms with E-state index in [1.807, 2.05) is 20.8 Å². The highest BCUT2D eigenvalue weighted by Crippen LogP contribution is 2.35. The molecule has 1 unspecified atom stereocenters. The number of carbonyl (C=O) groups excluding carboxylic acids is 3. The molecule has 7 nitrogen and oxygen atoms in total. The number of hydrogen-bond acceptors (Lipinski definition) is 7. The van der Waals surface area contributed by atoms with Crippen LogP contribution in [0.15, 0.2) is 97.0 Å². The molecule has 0 fully saturated rings. The molecule has 0 radical (unpaired) electrons. The molecule has 0 saturated carbocycles. The Balaban J connectivity index is 1.56. The Bertz CT molecular complexity index is 1370. The highest BCUT2D eigenvalue weighted by molar-refractivity contribution is 5.91. The topological polar surface area (TPSA) is 88.1 Å². The summed E-state index contributed by atoms with van der Waals surface area (Å²) in [6, 6.07) is 20.6. The van der Waals surface area contributed by atoms with Crippen LogP contribution in [0.1, 0.15) is 47.8 Å². The summed E-state index contributed by atoms with van der Waals surface area (Å²) in [7, 11) is 0. The molecule has 3 aromatic carbocycles. The van der Waals surface area contributed by atoms with Crippen molar-refractivity contribution < 1.29 is 33.3 Å².